The van der Waals surface area contributed by atoms with E-state index in [9.17, 15) is 0 Å². The Morgan fingerprint density at radius 2 is 0.900 bits per heavy atom. The van der Waals surface area contributed by atoms with Crippen LogP contribution in [0, 0.1) is 0 Å². The van der Waals surface area contributed by atoms with Crippen molar-refractivity contribution in [3.8, 4) is 22.5 Å². The third-order valence-corrected chi connectivity index (χ3v) is 10.7. The summed E-state index contributed by atoms with van der Waals surface area (Å²) < 4.78 is 4.88. The van der Waals surface area contributed by atoms with Crippen molar-refractivity contribution < 1.29 is 0 Å². The van der Waals surface area contributed by atoms with Gasteiger partial charge in [-0.05, 0) is 112 Å². The Morgan fingerprint density at radius 1 is 0.380 bits per heavy atom. The average Bonchev–Trinajstić information content (AvgIpc) is 3.69. The van der Waals surface area contributed by atoms with Crippen LogP contribution < -0.4 is 0 Å². The van der Waals surface area contributed by atoms with Gasteiger partial charge >= 0.3 is 0 Å². The first-order chi connectivity index (χ1) is 24.7. The standard InChI is InChI=1S/C48H36N2/c1-2-3-12-36-28-39(29-37-15-6-7-16-40(36)37)50-46-20-11-9-18-42(46)44-31-35(23-26-48(44)50)34-22-25-47-43(30-34)41-17-8-10-19-45(41)49(47)38-24-21-32-13-4-5-14-33(32)27-38/h4-11,13-31H,2-3,12H2,1H3. The molecule has 8 aromatic carbocycles. The van der Waals surface area contributed by atoms with Crippen LogP contribution in [0.25, 0.3) is 87.7 Å². The van der Waals surface area contributed by atoms with Crippen molar-refractivity contribution in [3.05, 3.63) is 169 Å². The highest BCUT2D eigenvalue weighted by molar-refractivity contribution is 6.13. The Hall–Kier alpha value is -6.12. The van der Waals surface area contributed by atoms with Crippen molar-refractivity contribution in [2.75, 3.05) is 0 Å². The highest BCUT2D eigenvalue weighted by Gasteiger charge is 2.17. The zero-order valence-corrected chi connectivity index (χ0v) is 28.1. The van der Waals surface area contributed by atoms with Crippen molar-refractivity contribution in [1.82, 2.24) is 9.13 Å². The molecule has 0 amide bonds. The quantitative estimate of drug-likeness (QED) is 0.171. The first kappa shape index (κ1) is 28.9. The minimum atomic E-state index is 1.09. The first-order valence-electron chi connectivity index (χ1n) is 17.8. The molecule has 2 heterocycles. The molecule has 10 rings (SSSR count). The van der Waals surface area contributed by atoms with E-state index in [0.29, 0.717) is 0 Å². The van der Waals surface area contributed by atoms with E-state index in [1.165, 1.54) is 106 Å². The predicted molar refractivity (Wildman–Crippen MR) is 214 cm³/mol. The molecule has 0 radical (unpaired) electrons. The number of aryl methyl sites for hydroxylation is 1. The lowest BCUT2D eigenvalue weighted by molar-refractivity contribution is 0.798. The second kappa shape index (κ2) is 11.5. The number of rotatable bonds is 6. The summed E-state index contributed by atoms with van der Waals surface area (Å²) >= 11 is 0. The maximum Gasteiger partial charge on any atom is 0.0541 e. The van der Waals surface area contributed by atoms with Crippen LogP contribution in [0.4, 0.5) is 0 Å². The van der Waals surface area contributed by atoms with E-state index in [1.54, 1.807) is 0 Å². The lowest BCUT2D eigenvalue weighted by Gasteiger charge is -2.14. The number of hydrogen-bond acceptors (Lipinski definition) is 0. The van der Waals surface area contributed by atoms with E-state index in [2.05, 4.69) is 180 Å². The monoisotopic (exact) mass is 640 g/mol. The summed E-state index contributed by atoms with van der Waals surface area (Å²) in [6, 6.07) is 60.7. The molecule has 50 heavy (non-hydrogen) atoms. The Balaban J connectivity index is 1.15. The summed E-state index contributed by atoms with van der Waals surface area (Å²) in [7, 11) is 0. The van der Waals surface area contributed by atoms with Crippen LogP contribution in [-0.2, 0) is 6.42 Å². The fraction of sp³-hybridized carbons (Fsp3) is 0.0833. The Labute approximate surface area is 291 Å². The maximum atomic E-state index is 2.47. The van der Waals surface area contributed by atoms with Gasteiger partial charge in [0.15, 0.2) is 0 Å². The number of benzene rings is 8. The van der Waals surface area contributed by atoms with Crippen LogP contribution in [0.1, 0.15) is 25.3 Å². The fourth-order valence-electron chi connectivity index (χ4n) is 8.25. The first-order valence-corrected chi connectivity index (χ1v) is 17.8. The average molecular weight is 641 g/mol. The predicted octanol–water partition coefficient (Wildman–Crippen LogP) is 13.2. The van der Waals surface area contributed by atoms with Gasteiger partial charge in [0.1, 0.15) is 0 Å². The number of para-hydroxylation sites is 2. The molecule has 0 atom stereocenters. The topological polar surface area (TPSA) is 9.86 Å². The normalized spacial score (nSPS) is 11.9. The maximum absolute atomic E-state index is 2.47. The van der Waals surface area contributed by atoms with Crippen LogP contribution in [0.5, 0.6) is 0 Å². The Morgan fingerprint density at radius 3 is 1.56 bits per heavy atom. The van der Waals surface area contributed by atoms with Gasteiger partial charge in [0.2, 0.25) is 0 Å². The summed E-state index contributed by atoms with van der Waals surface area (Å²) in [6.45, 7) is 2.28. The van der Waals surface area contributed by atoms with Gasteiger partial charge in [-0.1, -0.05) is 116 Å². The van der Waals surface area contributed by atoms with Gasteiger partial charge in [-0.3, -0.25) is 0 Å². The van der Waals surface area contributed by atoms with Crippen LogP contribution in [0.2, 0.25) is 0 Å². The zero-order valence-electron chi connectivity index (χ0n) is 28.1. The molecule has 0 spiro atoms. The molecule has 2 nitrogen and oxygen atoms in total. The highest BCUT2D eigenvalue weighted by atomic mass is 15.0. The Bertz CT molecular complexity index is 2920. The van der Waals surface area contributed by atoms with Crippen molar-refractivity contribution in [2.45, 2.75) is 26.2 Å². The number of unbranched alkanes of at least 4 members (excludes halogenated alkanes) is 1. The SMILES string of the molecule is CCCCc1cc(-n2c3ccccc3c3cc(-c4ccc5c(c4)c4ccccc4n5-c4ccc5ccccc5c4)ccc32)cc2ccccc12. The van der Waals surface area contributed by atoms with Crippen molar-refractivity contribution in [3.63, 3.8) is 0 Å². The molecule has 0 bridgehead atoms. The molecule has 0 N–H and O–H groups in total. The minimum Gasteiger partial charge on any atom is -0.309 e. The molecule has 10 aromatic rings. The van der Waals surface area contributed by atoms with E-state index < -0.39 is 0 Å². The molecular weight excluding hydrogens is 605 g/mol. The highest BCUT2D eigenvalue weighted by Crippen LogP contribution is 2.39. The van der Waals surface area contributed by atoms with Gasteiger partial charge in [-0.15, -0.1) is 0 Å². The molecule has 0 unspecified atom stereocenters. The summed E-state index contributed by atoms with van der Waals surface area (Å²) in [5.41, 5.74) is 11.2. The summed E-state index contributed by atoms with van der Waals surface area (Å²) in [4.78, 5) is 0. The number of nitrogens with zero attached hydrogens (tertiary/aromatic N) is 2. The van der Waals surface area contributed by atoms with Gasteiger partial charge in [0.25, 0.3) is 0 Å². The summed E-state index contributed by atoms with van der Waals surface area (Å²) in [5, 5.41) is 10.3. The van der Waals surface area contributed by atoms with Crippen LogP contribution >= 0.6 is 0 Å². The van der Waals surface area contributed by atoms with Gasteiger partial charge < -0.3 is 9.13 Å². The molecule has 0 saturated carbocycles. The van der Waals surface area contributed by atoms with E-state index in [4.69, 9.17) is 0 Å². The summed E-state index contributed by atoms with van der Waals surface area (Å²) in [5.74, 6) is 0. The number of aromatic nitrogens is 2. The van der Waals surface area contributed by atoms with Crippen molar-refractivity contribution in [2.24, 2.45) is 0 Å². The van der Waals surface area contributed by atoms with Crippen molar-refractivity contribution >= 4 is 65.2 Å². The van der Waals surface area contributed by atoms with E-state index in [0.717, 1.165) is 6.42 Å². The molecule has 2 aromatic heterocycles. The molecule has 2 heteroatoms. The minimum absolute atomic E-state index is 1.09. The van der Waals surface area contributed by atoms with Gasteiger partial charge in [0, 0.05) is 32.9 Å². The molecule has 0 saturated heterocycles. The van der Waals surface area contributed by atoms with Gasteiger partial charge in [-0.25, -0.2) is 0 Å². The third-order valence-electron chi connectivity index (χ3n) is 10.7. The fourth-order valence-corrected chi connectivity index (χ4v) is 8.25. The van der Waals surface area contributed by atoms with Crippen molar-refractivity contribution in [1.29, 1.82) is 0 Å². The lowest BCUT2D eigenvalue weighted by atomic mass is 9.99. The molecule has 0 aliphatic carbocycles. The number of fused-ring (bicyclic) bond motifs is 8. The van der Waals surface area contributed by atoms with Crippen LogP contribution in [-0.4, -0.2) is 9.13 Å². The van der Waals surface area contributed by atoms with Crippen LogP contribution in [0.15, 0.2) is 164 Å². The molecule has 0 aliphatic heterocycles. The molecular formula is C48H36N2. The third kappa shape index (κ3) is 4.49. The van der Waals surface area contributed by atoms with Gasteiger partial charge in [0.05, 0.1) is 22.1 Å². The van der Waals surface area contributed by atoms with Crippen LogP contribution in [0.3, 0.4) is 0 Å². The Kier molecular flexibility index (Phi) is 6.63. The van der Waals surface area contributed by atoms with E-state index in [-0.39, 0.29) is 0 Å². The largest absolute Gasteiger partial charge is 0.309 e. The molecule has 0 fully saturated rings. The second-order valence-electron chi connectivity index (χ2n) is 13.6. The summed E-state index contributed by atoms with van der Waals surface area (Å²) in [6.07, 6.45) is 3.47. The molecule has 238 valence electrons. The number of hydrogen-bond donors (Lipinski definition) is 0. The van der Waals surface area contributed by atoms with E-state index in [1.807, 2.05) is 0 Å². The smallest absolute Gasteiger partial charge is 0.0541 e. The second-order valence-corrected chi connectivity index (χ2v) is 13.6. The van der Waals surface area contributed by atoms with E-state index >= 15 is 0 Å². The zero-order chi connectivity index (χ0) is 33.2. The molecule has 0 aliphatic rings. The van der Waals surface area contributed by atoms with Gasteiger partial charge in [-0.2, -0.15) is 0 Å². The lowest BCUT2D eigenvalue weighted by Crippen LogP contribution is -1.97.